The first-order chi connectivity index (χ1) is 31.9. The van der Waals surface area contributed by atoms with Crippen molar-refractivity contribution in [1.82, 2.24) is 5.32 Å². The second-order valence-electron chi connectivity index (χ2n) is 18.1. The molecule has 4 aromatic carbocycles. The summed E-state index contributed by atoms with van der Waals surface area (Å²) in [5, 5.41) is 26.5. The van der Waals surface area contributed by atoms with E-state index in [1.54, 1.807) is 36.7 Å². The van der Waals surface area contributed by atoms with Gasteiger partial charge in [0.1, 0.15) is 36.2 Å². The molecule has 13 nitrogen and oxygen atoms in total. The van der Waals surface area contributed by atoms with Gasteiger partial charge in [-0.2, -0.15) is 0 Å². The minimum absolute atomic E-state index is 0.0589. The minimum atomic E-state index is -3.15. The fourth-order valence-electron chi connectivity index (χ4n) is 6.87. The first-order valence-electron chi connectivity index (χ1n) is 23.8. The summed E-state index contributed by atoms with van der Waals surface area (Å²) in [5.74, 6) is 1.34. The Kier molecular flexibility index (Phi) is 22.7. The third kappa shape index (κ3) is 18.9. The first-order valence-corrected chi connectivity index (χ1v) is 27.2. The van der Waals surface area contributed by atoms with E-state index in [0.717, 1.165) is 47.4 Å². The Morgan fingerprint density at radius 1 is 0.463 bits per heavy atom. The maximum atomic E-state index is 10.7. The number of nitrogens with one attached hydrogen (secondary N) is 1. The molecule has 3 N–H and O–H groups in total. The Morgan fingerprint density at radius 3 is 1.06 bits per heavy atom. The number of rotatable bonds is 30. The second-order valence-corrected chi connectivity index (χ2v) is 22.8. The molecular weight excluding hydrogens is 883 g/mol. The highest BCUT2D eigenvalue weighted by Crippen LogP contribution is 2.26. The van der Waals surface area contributed by atoms with E-state index >= 15 is 0 Å². The van der Waals surface area contributed by atoms with Crippen LogP contribution in [0.25, 0.3) is 0 Å². The minimum Gasteiger partial charge on any atom is -0.507 e. The summed E-state index contributed by atoms with van der Waals surface area (Å²) in [6.07, 6.45) is 4.73. The van der Waals surface area contributed by atoms with Crippen molar-refractivity contribution in [3.63, 3.8) is 0 Å². The molecule has 4 rings (SSSR count). The van der Waals surface area contributed by atoms with Crippen LogP contribution in [0, 0.1) is 0 Å². The van der Waals surface area contributed by atoms with E-state index in [9.17, 15) is 10.2 Å². The third-order valence-electron chi connectivity index (χ3n) is 9.52. The lowest BCUT2D eigenvalue weighted by Gasteiger charge is -2.34. The molecule has 0 fully saturated rings. The third-order valence-corrected chi connectivity index (χ3v) is 16.3. The second kappa shape index (κ2) is 27.5. The summed E-state index contributed by atoms with van der Waals surface area (Å²) in [6, 6.07) is 26.5. The molecule has 4 aromatic rings. The Balaban J connectivity index is 1.14. The monoisotopic (exact) mass is 960 g/mol. The fraction of sp³-hybridized carbons (Fsp3) is 0.500. The van der Waals surface area contributed by atoms with Gasteiger partial charge in [0.25, 0.3) is 0 Å². The van der Waals surface area contributed by atoms with Gasteiger partial charge in [0, 0.05) is 95.8 Å². The number of benzene rings is 4. The smallest absolute Gasteiger partial charge is 0.507 e. The van der Waals surface area contributed by atoms with Crippen molar-refractivity contribution >= 4 is 40.4 Å². The number of hydrogen-bond acceptors (Lipinski definition) is 13. The molecule has 15 heteroatoms. The quantitative estimate of drug-likeness (QED) is 0.0261. The van der Waals surface area contributed by atoms with Crippen LogP contribution in [0.4, 0.5) is 0 Å². The molecule has 0 heterocycles. The highest BCUT2D eigenvalue weighted by Gasteiger charge is 2.48. The predicted molar refractivity (Wildman–Crippen MR) is 273 cm³/mol. The Labute approximate surface area is 402 Å². The molecule has 0 aromatic heterocycles. The molecule has 368 valence electrons. The lowest BCUT2D eigenvalue weighted by Crippen LogP contribution is -2.60. The highest BCUT2D eigenvalue weighted by molar-refractivity contribution is 6.76. The van der Waals surface area contributed by atoms with E-state index in [1.807, 2.05) is 144 Å². The largest absolute Gasteiger partial charge is 0.537 e. The number of phenols is 2. The van der Waals surface area contributed by atoms with Crippen molar-refractivity contribution < 1.29 is 46.2 Å². The molecule has 0 unspecified atom stereocenters. The van der Waals surface area contributed by atoms with Crippen LogP contribution in [-0.4, -0.2) is 103 Å². The molecule has 0 amide bonds. The van der Waals surface area contributed by atoms with Gasteiger partial charge in [-0.25, -0.2) is 0 Å². The Hall–Kier alpha value is -4.43. The Bertz CT molecular complexity index is 1910. The zero-order valence-electron chi connectivity index (χ0n) is 41.9. The molecule has 0 saturated carbocycles. The van der Waals surface area contributed by atoms with Gasteiger partial charge in [-0.3, -0.25) is 9.98 Å². The number of aliphatic imine (C=N–C) groups is 2. The van der Waals surface area contributed by atoms with Crippen LogP contribution < -0.4 is 25.2 Å². The van der Waals surface area contributed by atoms with E-state index in [4.69, 9.17) is 36.0 Å². The molecule has 0 atom stereocenters. The van der Waals surface area contributed by atoms with Crippen molar-refractivity contribution in [3.8, 4) is 23.0 Å². The summed E-state index contributed by atoms with van der Waals surface area (Å²) >= 11 is 0. The molecule has 0 radical (unpaired) electrons. The van der Waals surface area contributed by atoms with Crippen LogP contribution >= 0.6 is 0 Å². The molecule has 0 bridgehead atoms. The maximum Gasteiger partial charge on any atom is 0.537 e. The van der Waals surface area contributed by atoms with Gasteiger partial charge in [-0.15, -0.1) is 0 Å². The summed E-state index contributed by atoms with van der Waals surface area (Å²) < 4.78 is 50.2. The maximum absolute atomic E-state index is 10.7. The van der Waals surface area contributed by atoms with Crippen LogP contribution in [0.5, 0.6) is 23.0 Å². The summed E-state index contributed by atoms with van der Waals surface area (Å²) in [7, 11) is -6.30. The zero-order valence-corrected chi connectivity index (χ0v) is 43.9. The van der Waals surface area contributed by atoms with E-state index in [0.29, 0.717) is 48.9 Å². The summed E-state index contributed by atoms with van der Waals surface area (Å²) in [5.41, 5.74) is 3.19. The van der Waals surface area contributed by atoms with Crippen molar-refractivity contribution in [3.05, 3.63) is 107 Å². The standard InChI is InChI=1S/C52H77N3O10Si2/c1-37(2)60-66(61-38(3)4,62-39(5)6)49-23-15-43(16-24-49)35-58-47-21-19-45(51(56)31-47)33-54-29-13-27-53-28-14-30-55-34-46-20-22-48(32-52(46)57)59-36-44-17-25-50(26-18-44)67(63-40(7)8,64-41(9)10)65-42(11)12/h15-26,31-34,37-42,53,56-57H,13-14,27-30,35-36H2,1-12H3. The molecule has 0 aliphatic heterocycles. The highest BCUT2D eigenvalue weighted by atomic mass is 28.4. The normalized spacial score (nSPS) is 12.7. The zero-order chi connectivity index (χ0) is 49.0. The first kappa shape index (κ1) is 55.2. The van der Waals surface area contributed by atoms with Crippen LogP contribution in [0.15, 0.2) is 94.9 Å². The van der Waals surface area contributed by atoms with Gasteiger partial charge in [0.15, 0.2) is 0 Å². The Morgan fingerprint density at radius 2 is 0.776 bits per heavy atom. The topological polar surface area (TPSA) is 151 Å². The van der Waals surface area contributed by atoms with Crippen molar-refractivity contribution in [2.75, 3.05) is 26.2 Å². The molecule has 0 aliphatic carbocycles. The van der Waals surface area contributed by atoms with E-state index in [1.165, 1.54) is 0 Å². The van der Waals surface area contributed by atoms with Crippen LogP contribution in [0.2, 0.25) is 0 Å². The van der Waals surface area contributed by atoms with Crippen LogP contribution in [0.1, 0.15) is 118 Å². The van der Waals surface area contributed by atoms with Crippen LogP contribution in [-0.2, 0) is 39.8 Å². The number of hydrogen-bond donors (Lipinski definition) is 3. The fourth-order valence-corrected chi connectivity index (χ4v) is 12.9. The van der Waals surface area contributed by atoms with Gasteiger partial charge in [-0.05, 0) is 144 Å². The van der Waals surface area contributed by atoms with Crippen molar-refractivity contribution in [2.24, 2.45) is 9.98 Å². The molecule has 0 saturated heterocycles. The van der Waals surface area contributed by atoms with E-state index < -0.39 is 17.6 Å². The molecule has 0 spiro atoms. The number of ether oxygens (including phenoxy) is 2. The number of phenolic OH excluding ortho intramolecular Hbond substituents is 2. The van der Waals surface area contributed by atoms with Gasteiger partial charge >= 0.3 is 17.6 Å². The van der Waals surface area contributed by atoms with Gasteiger partial charge in [-0.1, -0.05) is 48.5 Å². The SMILES string of the molecule is CC(C)O[Si](OC(C)C)(OC(C)C)c1ccc(COc2ccc(C=NCCCNCCCN=Cc3ccc(OCc4ccc([Si](OC(C)C)(OC(C)C)OC(C)C)cc4)cc3O)c(O)c2)cc1. The average molecular weight is 960 g/mol. The molecule has 0 aliphatic rings. The van der Waals surface area contributed by atoms with Crippen molar-refractivity contribution in [2.45, 2.75) is 146 Å². The average Bonchev–Trinajstić information content (AvgIpc) is 3.24. The van der Waals surface area contributed by atoms with E-state index in [2.05, 4.69) is 15.3 Å². The van der Waals surface area contributed by atoms with Gasteiger partial charge in [0.2, 0.25) is 0 Å². The van der Waals surface area contributed by atoms with Gasteiger partial charge in [0.05, 0.1) is 0 Å². The lowest BCUT2D eigenvalue weighted by molar-refractivity contribution is 0.0142. The lowest BCUT2D eigenvalue weighted by atomic mass is 10.2. The summed E-state index contributed by atoms with van der Waals surface area (Å²) in [6.45, 7) is 27.4. The van der Waals surface area contributed by atoms with Crippen molar-refractivity contribution in [1.29, 1.82) is 0 Å². The number of nitrogens with zero attached hydrogens (tertiary/aromatic N) is 2. The van der Waals surface area contributed by atoms with Gasteiger partial charge < -0.3 is 51.6 Å². The summed E-state index contributed by atoms with van der Waals surface area (Å²) in [4.78, 5) is 9.01. The molecule has 67 heavy (non-hydrogen) atoms. The van der Waals surface area contributed by atoms with E-state index in [-0.39, 0.29) is 48.1 Å². The predicted octanol–water partition coefficient (Wildman–Crippen LogP) is 9.01. The number of aromatic hydroxyl groups is 2. The van der Waals surface area contributed by atoms with Crippen LogP contribution in [0.3, 0.4) is 0 Å². The molecular formula is C52H77N3O10Si2.